The predicted molar refractivity (Wildman–Crippen MR) is 75.2 cm³/mol. The Kier molecular flexibility index (Phi) is 4.21. The average Bonchev–Trinajstić information content (AvgIpc) is 2.58. The molecule has 1 heterocycles. The lowest BCUT2D eigenvalue weighted by atomic mass is 9.80. The van der Waals surface area contributed by atoms with Gasteiger partial charge in [-0.1, -0.05) is 27.7 Å². The molecular weight excluding hydrogens is 224 g/mol. The SMILES string of the molecule is CC(Cc1nnc(CN)n1C(C)(C)C)C(C)(C)C. The van der Waals surface area contributed by atoms with Crippen molar-refractivity contribution in [1.29, 1.82) is 0 Å². The van der Waals surface area contributed by atoms with Gasteiger partial charge in [-0.25, -0.2) is 0 Å². The third-order valence-electron chi connectivity index (χ3n) is 3.62. The summed E-state index contributed by atoms with van der Waals surface area (Å²) in [7, 11) is 0. The van der Waals surface area contributed by atoms with Gasteiger partial charge in [-0.05, 0) is 32.1 Å². The summed E-state index contributed by atoms with van der Waals surface area (Å²) in [6.45, 7) is 16.0. The van der Waals surface area contributed by atoms with E-state index in [2.05, 4.69) is 63.2 Å². The molecule has 0 aromatic carbocycles. The van der Waals surface area contributed by atoms with E-state index in [-0.39, 0.29) is 11.0 Å². The number of hydrogen-bond acceptors (Lipinski definition) is 3. The third kappa shape index (κ3) is 3.31. The molecule has 0 fully saturated rings. The number of hydrogen-bond donors (Lipinski definition) is 1. The number of aromatic nitrogens is 3. The molecule has 1 aromatic heterocycles. The van der Waals surface area contributed by atoms with Crippen LogP contribution in [0.15, 0.2) is 0 Å². The molecule has 104 valence electrons. The molecule has 2 N–H and O–H groups in total. The second-order valence-corrected chi connectivity index (χ2v) is 7.21. The Balaban J connectivity index is 3.08. The Morgan fingerprint density at radius 1 is 1.06 bits per heavy atom. The first kappa shape index (κ1) is 15.2. The molecule has 0 bridgehead atoms. The zero-order valence-corrected chi connectivity index (χ0v) is 12.9. The van der Waals surface area contributed by atoms with Crippen LogP contribution in [-0.2, 0) is 18.5 Å². The van der Waals surface area contributed by atoms with Crippen LogP contribution in [0, 0.1) is 11.3 Å². The van der Waals surface area contributed by atoms with Crippen molar-refractivity contribution in [3.05, 3.63) is 11.6 Å². The molecule has 0 spiro atoms. The second-order valence-electron chi connectivity index (χ2n) is 7.21. The summed E-state index contributed by atoms with van der Waals surface area (Å²) in [5, 5.41) is 8.56. The molecule has 0 aliphatic heterocycles. The standard InChI is InChI=1S/C14H28N4/c1-10(13(2,3)4)8-11-16-17-12(9-15)18(11)14(5,6)7/h10H,8-9,15H2,1-7H3. The molecule has 0 radical (unpaired) electrons. The summed E-state index contributed by atoms with van der Waals surface area (Å²) < 4.78 is 2.19. The van der Waals surface area contributed by atoms with Gasteiger partial charge in [0.1, 0.15) is 11.6 Å². The lowest BCUT2D eigenvalue weighted by molar-refractivity contribution is 0.248. The van der Waals surface area contributed by atoms with Gasteiger partial charge < -0.3 is 10.3 Å². The van der Waals surface area contributed by atoms with Crippen molar-refractivity contribution in [2.75, 3.05) is 0 Å². The van der Waals surface area contributed by atoms with E-state index in [4.69, 9.17) is 5.73 Å². The highest BCUT2D eigenvalue weighted by atomic mass is 15.3. The fourth-order valence-corrected chi connectivity index (χ4v) is 1.97. The van der Waals surface area contributed by atoms with E-state index in [1.54, 1.807) is 0 Å². The van der Waals surface area contributed by atoms with Crippen LogP contribution in [0.3, 0.4) is 0 Å². The lowest BCUT2D eigenvalue weighted by Gasteiger charge is -2.30. The maximum atomic E-state index is 5.75. The Morgan fingerprint density at radius 3 is 1.94 bits per heavy atom. The maximum Gasteiger partial charge on any atom is 0.147 e. The van der Waals surface area contributed by atoms with E-state index in [0.29, 0.717) is 12.5 Å². The summed E-state index contributed by atoms with van der Waals surface area (Å²) in [6.07, 6.45) is 0.938. The van der Waals surface area contributed by atoms with Crippen LogP contribution in [0.4, 0.5) is 0 Å². The number of rotatable bonds is 3. The molecule has 0 aliphatic rings. The van der Waals surface area contributed by atoms with Gasteiger partial charge in [0, 0.05) is 12.0 Å². The van der Waals surface area contributed by atoms with Gasteiger partial charge in [-0.3, -0.25) is 0 Å². The molecule has 0 saturated carbocycles. The lowest BCUT2D eigenvalue weighted by Crippen LogP contribution is -2.29. The molecule has 1 rings (SSSR count). The van der Waals surface area contributed by atoms with Crippen LogP contribution in [0.25, 0.3) is 0 Å². The average molecular weight is 252 g/mol. The fraction of sp³-hybridized carbons (Fsp3) is 0.857. The Hall–Kier alpha value is -0.900. The van der Waals surface area contributed by atoms with E-state index in [1.165, 1.54) is 0 Å². The van der Waals surface area contributed by atoms with Crippen molar-refractivity contribution in [1.82, 2.24) is 14.8 Å². The molecule has 4 heteroatoms. The van der Waals surface area contributed by atoms with Crippen LogP contribution in [0.1, 0.15) is 60.1 Å². The highest BCUT2D eigenvalue weighted by Crippen LogP contribution is 2.29. The normalized spacial score (nSPS) is 14.9. The summed E-state index contributed by atoms with van der Waals surface area (Å²) >= 11 is 0. The monoisotopic (exact) mass is 252 g/mol. The van der Waals surface area contributed by atoms with E-state index in [9.17, 15) is 0 Å². The van der Waals surface area contributed by atoms with E-state index in [0.717, 1.165) is 18.1 Å². The third-order valence-corrected chi connectivity index (χ3v) is 3.62. The minimum absolute atomic E-state index is 0.0227. The Labute approximate surface area is 111 Å². The van der Waals surface area contributed by atoms with Crippen molar-refractivity contribution >= 4 is 0 Å². The minimum Gasteiger partial charge on any atom is -0.324 e. The first-order chi connectivity index (χ1) is 8.07. The minimum atomic E-state index is -0.0227. The van der Waals surface area contributed by atoms with Crippen LogP contribution >= 0.6 is 0 Å². The molecule has 1 atom stereocenters. The second kappa shape index (κ2) is 5.00. The van der Waals surface area contributed by atoms with Gasteiger partial charge in [0.25, 0.3) is 0 Å². The maximum absolute atomic E-state index is 5.75. The first-order valence-electron chi connectivity index (χ1n) is 6.71. The summed E-state index contributed by atoms with van der Waals surface area (Å²) in [6, 6.07) is 0. The molecule has 0 amide bonds. The zero-order valence-electron chi connectivity index (χ0n) is 12.9. The summed E-state index contributed by atoms with van der Waals surface area (Å²) in [4.78, 5) is 0. The Bertz CT molecular complexity index is 393. The smallest absolute Gasteiger partial charge is 0.147 e. The van der Waals surface area contributed by atoms with Gasteiger partial charge >= 0.3 is 0 Å². The Morgan fingerprint density at radius 2 is 1.56 bits per heavy atom. The van der Waals surface area contributed by atoms with Crippen LogP contribution < -0.4 is 5.73 Å². The van der Waals surface area contributed by atoms with Gasteiger partial charge in [0.2, 0.25) is 0 Å². The highest BCUT2D eigenvalue weighted by molar-refractivity contribution is 5.02. The van der Waals surface area contributed by atoms with E-state index < -0.39 is 0 Å². The van der Waals surface area contributed by atoms with E-state index >= 15 is 0 Å². The van der Waals surface area contributed by atoms with Gasteiger partial charge in [-0.2, -0.15) is 0 Å². The van der Waals surface area contributed by atoms with Crippen molar-refractivity contribution in [2.24, 2.45) is 17.1 Å². The molecule has 1 aromatic rings. The van der Waals surface area contributed by atoms with Crippen molar-refractivity contribution in [3.63, 3.8) is 0 Å². The van der Waals surface area contributed by atoms with Crippen LogP contribution in [-0.4, -0.2) is 14.8 Å². The van der Waals surface area contributed by atoms with Crippen molar-refractivity contribution < 1.29 is 0 Å². The van der Waals surface area contributed by atoms with Gasteiger partial charge in [0.15, 0.2) is 0 Å². The molecule has 0 aliphatic carbocycles. The summed E-state index contributed by atoms with van der Waals surface area (Å²) in [5.74, 6) is 2.47. The van der Waals surface area contributed by atoms with Crippen molar-refractivity contribution in [2.45, 2.75) is 67.0 Å². The van der Waals surface area contributed by atoms with Gasteiger partial charge in [-0.15, -0.1) is 10.2 Å². The molecule has 1 unspecified atom stereocenters. The first-order valence-corrected chi connectivity index (χ1v) is 6.71. The molecular formula is C14H28N4. The van der Waals surface area contributed by atoms with Gasteiger partial charge in [0.05, 0.1) is 6.54 Å². The predicted octanol–water partition coefficient (Wildman–Crippen LogP) is 2.72. The quantitative estimate of drug-likeness (QED) is 0.900. The summed E-state index contributed by atoms with van der Waals surface area (Å²) in [5.41, 5.74) is 6.01. The largest absolute Gasteiger partial charge is 0.324 e. The van der Waals surface area contributed by atoms with Crippen LogP contribution in [0.5, 0.6) is 0 Å². The molecule has 4 nitrogen and oxygen atoms in total. The molecule has 0 saturated heterocycles. The zero-order chi connectivity index (χ0) is 14.1. The molecule has 18 heavy (non-hydrogen) atoms. The van der Waals surface area contributed by atoms with Crippen LogP contribution in [0.2, 0.25) is 0 Å². The highest BCUT2D eigenvalue weighted by Gasteiger charge is 2.27. The number of nitrogens with zero attached hydrogens (tertiary/aromatic N) is 3. The number of nitrogens with two attached hydrogens (primary N) is 1. The fourth-order valence-electron chi connectivity index (χ4n) is 1.97. The van der Waals surface area contributed by atoms with Crippen molar-refractivity contribution in [3.8, 4) is 0 Å². The van der Waals surface area contributed by atoms with E-state index in [1.807, 2.05) is 0 Å². The topological polar surface area (TPSA) is 56.7 Å².